The Morgan fingerprint density at radius 3 is 2.52 bits per heavy atom. The van der Waals surface area contributed by atoms with E-state index in [1.54, 1.807) is 6.92 Å². The molecule has 0 spiro atoms. The van der Waals surface area contributed by atoms with Gasteiger partial charge in [-0.25, -0.2) is 13.2 Å². The van der Waals surface area contributed by atoms with Crippen LogP contribution in [0.15, 0.2) is 41.3 Å². The molecule has 0 heterocycles. The lowest BCUT2D eigenvalue weighted by molar-refractivity contribution is -0.384. The van der Waals surface area contributed by atoms with E-state index < -0.39 is 20.9 Å². The van der Waals surface area contributed by atoms with Crippen LogP contribution in [0.5, 0.6) is 0 Å². The predicted octanol–water partition coefficient (Wildman–Crippen LogP) is 3.14. The van der Waals surface area contributed by atoms with Gasteiger partial charge in [0.2, 0.25) is 0 Å². The minimum absolute atomic E-state index is 0.0392. The zero-order valence-electron chi connectivity index (χ0n) is 13.1. The summed E-state index contributed by atoms with van der Waals surface area (Å²) >= 11 is 5.87. The van der Waals surface area contributed by atoms with E-state index in [-0.39, 0.29) is 26.9 Å². The van der Waals surface area contributed by atoms with E-state index in [9.17, 15) is 23.3 Å². The van der Waals surface area contributed by atoms with Crippen molar-refractivity contribution in [2.24, 2.45) is 0 Å². The molecule has 1 N–H and O–H groups in total. The topological polar surface area (TPSA) is 116 Å². The van der Waals surface area contributed by atoms with E-state index in [0.717, 1.165) is 19.2 Å². The van der Waals surface area contributed by atoms with E-state index >= 15 is 0 Å². The number of ether oxygens (including phenoxy) is 1. The number of carbonyl (C=O) groups is 1. The van der Waals surface area contributed by atoms with Crippen molar-refractivity contribution in [2.75, 3.05) is 11.8 Å². The van der Waals surface area contributed by atoms with E-state index in [2.05, 4.69) is 9.46 Å². The number of rotatable bonds is 5. The number of anilines is 1. The van der Waals surface area contributed by atoms with Gasteiger partial charge in [0.15, 0.2) is 0 Å². The molecule has 25 heavy (non-hydrogen) atoms. The number of methoxy groups -OCH3 is 1. The third kappa shape index (κ3) is 4.06. The number of carbonyl (C=O) groups excluding carboxylic acids is 1. The van der Waals surface area contributed by atoms with Crippen molar-refractivity contribution in [2.45, 2.75) is 11.8 Å². The van der Waals surface area contributed by atoms with Crippen LogP contribution in [0.2, 0.25) is 5.02 Å². The van der Waals surface area contributed by atoms with Gasteiger partial charge in [-0.15, -0.1) is 0 Å². The third-order valence-corrected chi connectivity index (χ3v) is 5.02. The highest BCUT2D eigenvalue weighted by Crippen LogP contribution is 2.26. The van der Waals surface area contributed by atoms with Gasteiger partial charge in [0, 0.05) is 12.1 Å². The summed E-state index contributed by atoms with van der Waals surface area (Å²) in [6.45, 7) is 1.60. The number of hydrogen-bond donors (Lipinski definition) is 1. The largest absolute Gasteiger partial charge is 0.465 e. The molecule has 2 aromatic rings. The highest BCUT2D eigenvalue weighted by molar-refractivity contribution is 7.92. The lowest BCUT2D eigenvalue weighted by Gasteiger charge is -2.11. The highest BCUT2D eigenvalue weighted by Gasteiger charge is 2.21. The van der Waals surface area contributed by atoms with Crippen LogP contribution in [0.25, 0.3) is 0 Å². The number of halogens is 1. The van der Waals surface area contributed by atoms with Gasteiger partial charge in [-0.3, -0.25) is 14.8 Å². The fraction of sp³-hybridized carbons (Fsp3) is 0.133. The Kier molecular flexibility index (Phi) is 5.29. The maximum atomic E-state index is 12.5. The molecule has 0 saturated carbocycles. The summed E-state index contributed by atoms with van der Waals surface area (Å²) in [5.41, 5.74) is 0.192. The molecule has 10 heteroatoms. The third-order valence-electron chi connectivity index (χ3n) is 3.33. The van der Waals surface area contributed by atoms with Crippen LogP contribution in [0.3, 0.4) is 0 Å². The van der Waals surface area contributed by atoms with Crippen molar-refractivity contribution in [3.63, 3.8) is 0 Å². The fourth-order valence-electron chi connectivity index (χ4n) is 1.98. The first-order chi connectivity index (χ1) is 11.7. The number of esters is 1. The van der Waals surface area contributed by atoms with Gasteiger partial charge in [0.25, 0.3) is 15.7 Å². The fourth-order valence-corrected chi connectivity index (χ4v) is 3.32. The summed E-state index contributed by atoms with van der Waals surface area (Å²) < 4.78 is 31.9. The number of sulfonamides is 1. The molecular formula is C15H13ClN2O6S. The van der Waals surface area contributed by atoms with E-state index in [4.69, 9.17) is 11.6 Å². The number of nitrogens with zero attached hydrogens (tertiary/aromatic N) is 1. The van der Waals surface area contributed by atoms with Gasteiger partial charge < -0.3 is 4.74 Å². The summed E-state index contributed by atoms with van der Waals surface area (Å²) in [4.78, 5) is 21.6. The molecule has 0 aliphatic heterocycles. The van der Waals surface area contributed by atoms with E-state index in [0.29, 0.717) is 5.56 Å². The van der Waals surface area contributed by atoms with Gasteiger partial charge in [-0.2, -0.15) is 0 Å². The normalized spacial score (nSPS) is 11.0. The zero-order valence-corrected chi connectivity index (χ0v) is 14.7. The predicted molar refractivity (Wildman–Crippen MR) is 91.4 cm³/mol. The molecule has 0 amide bonds. The van der Waals surface area contributed by atoms with Gasteiger partial charge in [-0.1, -0.05) is 17.7 Å². The molecule has 0 fully saturated rings. The first-order valence-electron chi connectivity index (χ1n) is 6.81. The van der Waals surface area contributed by atoms with Crippen LogP contribution in [-0.2, 0) is 14.8 Å². The van der Waals surface area contributed by atoms with Gasteiger partial charge >= 0.3 is 5.97 Å². The highest BCUT2D eigenvalue weighted by atomic mass is 35.5. The lowest BCUT2D eigenvalue weighted by Crippen LogP contribution is -2.15. The number of non-ortho nitro benzene ring substituents is 1. The van der Waals surface area contributed by atoms with Crippen LogP contribution >= 0.6 is 11.6 Å². The summed E-state index contributed by atoms with van der Waals surface area (Å²) in [6.07, 6.45) is 0. The SMILES string of the molecule is COC(=O)c1cc(S(=O)(=O)Nc2cc([N+](=O)[O-])ccc2C)ccc1Cl. The molecule has 0 aliphatic carbocycles. The number of nitro benzene ring substituents is 1. The summed E-state index contributed by atoms with van der Waals surface area (Å²) in [5, 5.41) is 10.9. The molecule has 132 valence electrons. The molecule has 0 bridgehead atoms. The van der Waals surface area contributed by atoms with Gasteiger partial charge in [0.1, 0.15) is 0 Å². The summed E-state index contributed by atoms with van der Waals surface area (Å²) in [5.74, 6) is -0.784. The van der Waals surface area contributed by atoms with Crippen LogP contribution in [0.4, 0.5) is 11.4 Å². The molecule has 0 aromatic heterocycles. The van der Waals surface area contributed by atoms with Gasteiger partial charge in [-0.05, 0) is 30.7 Å². The number of nitrogens with one attached hydrogen (secondary N) is 1. The molecule has 0 aliphatic rings. The molecule has 0 radical (unpaired) electrons. The van der Waals surface area contributed by atoms with Crippen molar-refractivity contribution < 1.29 is 22.9 Å². The maximum Gasteiger partial charge on any atom is 0.339 e. The molecule has 8 nitrogen and oxygen atoms in total. The van der Waals surface area contributed by atoms with Crippen LogP contribution in [0.1, 0.15) is 15.9 Å². The summed E-state index contributed by atoms with van der Waals surface area (Å²) in [7, 11) is -2.95. The minimum atomic E-state index is -4.10. The molecule has 0 atom stereocenters. The monoisotopic (exact) mass is 384 g/mol. The Bertz CT molecular complexity index is 958. The Morgan fingerprint density at radius 1 is 1.24 bits per heavy atom. The second kappa shape index (κ2) is 7.08. The standard InChI is InChI=1S/C15H13ClN2O6S/c1-9-3-4-10(18(20)21)7-14(9)17-25(22,23)11-5-6-13(16)12(8-11)15(19)24-2/h3-8,17H,1-2H3. The Labute approximate surface area is 148 Å². The molecule has 0 saturated heterocycles. The van der Waals surface area contributed by atoms with E-state index in [1.807, 2.05) is 0 Å². The lowest BCUT2D eigenvalue weighted by atomic mass is 10.2. The molecule has 2 rings (SSSR count). The summed E-state index contributed by atoms with van der Waals surface area (Å²) in [6, 6.07) is 7.35. The molecule has 2 aromatic carbocycles. The smallest absolute Gasteiger partial charge is 0.339 e. The second-order valence-corrected chi connectivity index (χ2v) is 7.08. The first kappa shape index (κ1) is 18.7. The molecular weight excluding hydrogens is 372 g/mol. The van der Waals surface area contributed by atoms with Crippen LogP contribution < -0.4 is 4.72 Å². The Balaban J connectivity index is 2.45. The second-order valence-electron chi connectivity index (χ2n) is 5.00. The van der Waals surface area contributed by atoms with Gasteiger partial charge in [0.05, 0.1) is 33.2 Å². The number of hydrogen-bond acceptors (Lipinski definition) is 6. The Morgan fingerprint density at radius 2 is 1.92 bits per heavy atom. The van der Waals surface area contributed by atoms with Crippen molar-refractivity contribution in [3.8, 4) is 0 Å². The number of aryl methyl sites for hydroxylation is 1. The van der Waals surface area contributed by atoms with Crippen molar-refractivity contribution in [1.29, 1.82) is 0 Å². The first-order valence-corrected chi connectivity index (χ1v) is 8.67. The van der Waals surface area contributed by atoms with Crippen LogP contribution in [-0.4, -0.2) is 26.4 Å². The van der Waals surface area contributed by atoms with E-state index in [1.165, 1.54) is 24.3 Å². The Hall–Kier alpha value is -2.65. The molecule has 0 unspecified atom stereocenters. The van der Waals surface area contributed by atoms with Crippen molar-refractivity contribution >= 4 is 39.0 Å². The zero-order chi connectivity index (χ0) is 18.8. The maximum absolute atomic E-state index is 12.5. The average molecular weight is 385 g/mol. The quantitative estimate of drug-likeness (QED) is 0.481. The van der Waals surface area contributed by atoms with Crippen LogP contribution in [0, 0.1) is 17.0 Å². The van der Waals surface area contributed by atoms with Crippen molar-refractivity contribution in [3.05, 3.63) is 62.7 Å². The minimum Gasteiger partial charge on any atom is -0.465 e. The average Bonchev–Trinajstić information content (AvgIpc) is 2.56. The number of nitro groups is 1. The number of benzene rings is 2. The van der Waals surface area contributed by atoms with Crippen molar-refractivity contribution in [1.82, 2.24) is 0 Å².